The Bertz CT molecular complexity index is 349. The SMILES string of the molecule is Cc1ccc(CN2CCN(C)CC2CN)cn1. The van der Waals surface area contributed by atoms with Crippen LogP contribution in [0.3, 0.4) is 0 Å². The fourth-order valence-electron chi connectivity index (χ4n) is 2.31. The molecule has 4 nitrogen and oxygen atoms in total. The molecular weight excluding hydrogens is 212 g/mol. The summed E-state index contributed by atoms with van der Waals surface area (Å²) >= 11 is 0. The maximum Gasteiger partial charge on any atom is 0.0372 e. The van der Waals surface area contributed by atoms with E-state index in [4.69, 9.17) is 5.73 Å². The first-order valence-electron chi connectivity index (χ1n) is 6.23. The molecule has 1 aromatic rings. The molecule has 4 heteroatoms. The fourth-order valence-corrected chi connectivity index (χ4v) is 2.31. The summed E-state index contributed by atoms with van der Waals surface area (Å²) in [6.45, 7) is 6.98. The van der Waals surface area contributed by atoms with Crippen molar-refractivity contribution in [2.24, 2.45) is 5.73 Å². The van der Waals surface area contributed by atoms with E-state index in [9.17, 15) is 0 Å². The Hall–Kier alpha value is -0.970. The molecule has 0 aromatic carbocycles. The zero-order valence-corrected chi connectivity index (χ0v) is 10.8. The van der Waals surface area contributed by atoms with Crippen LogP contribution in [0.5, 0.6) is 0 Å². The lowest BCUT2D eigenvalue weighted by Gasteiger charge is -2.39. The van der Waals surface area contributed by atoms with Crippen LogP contribution in [0.2, 0.25) is 0 Å². The van der Waals surface area contributed by atoms with E-state index >= 15 is 0 Å². The van der Waals surface area contributed by atoms with E-state index in [1.165, 1.54) is 5.56 Å². The number of likely N-dealkylation sites (N-methyl/N-ethyl adjacent to an activating group) is 1. The van der Waals surface area contributed by atoms with Crippen molar-refractivity contribution in [3.05, 3.63) is 29.6 Å². The number of pyridine rings is 1. The number of piperazine rings is 1. The highest BCUT2D eigenvalue weighted by molar-refractivity contribution is 5.13. The largest absolute Gasteiger partial charge is 0.329 e. The predicted octanol–water partition coefficient (Wildman–Crippen LogP) is 0.465. The average Bonchev–Trinajstić information content (AvgIpc) is 2.34. The summed E-state index contributed by atoms with van der Waals surface area (Å²) in [5.41, 5.74) is 8.20. The van der Waals surface area contributed by atoms with E-state index in [0.29, 0.717) is 6.04 Å². The Morgan fingerprint density at radius 2 is 2.24 bits per heavy atom. The number of aryl methyl sites for hydroxylation is 1. The summed E-state index contributed by atoms with van der Waals surface area (Å²) in [4.78, 5) is 9.16. The standard InChI is InChI=1S/C13H22N4/c1-11-3-4-12(8-15-11)9-17-6-5-16(2)10-13(17)7-14/h3-4,8,13H,5-7,9-10,14H2,1-2H3. The third kappa shape index (κ3) is 3.25. The zero-order chi connectivity index (χ0) is 12.3. The molecule has 2 heterocycles. The number of hydrogen-bond acceptors (Lipinski definition) is 4. The molecule has 1 fully saturated rings. The molecule has 0 amide bonds. The van der Waals surface area contributed by atoms with Crippen LogP contribution >= 0.6 is 0 Å². The third-order valence-corrected chi connectivity index (χ3v) is 3.44. The zero-order valence-electron chi connectivity index (χ0n) is 10.8. The first kappa shape index (κ1) is 12.5. The molecule has 1 atom stereocenters. The van der Waals surface area contributed by atoms with Crippen LogP contribution in [0.15, 0.2) is 18.3 Å². The van der Waals surface area contributed by atoms with E-state index in [1.54, 1.807) is 0 Å². The highest BCUT2D eigenvalue weighted by Gasteiger charge is 2.23. The quantitative estimate of drug-likeness (QED) is 0.825. The normalized spacial score (nSPS) is 22.9. The van der Waals surface area contributed by atoms with Crippen LogP contribution in [0, 0.1) is 6.92 Å². The molecule has 1 saturated heterocycles. The predicted molar refractivity (Wildman–Crippen MR) is 69.7 cm³/mol. The van der Waals surface area contributed by atoms with Gasteiger partial charge in [-0.3, -0.25) is 9.88 Å². The molecule has 1 aliphatic heterocycles. The lowest BCUT2D eigenvalue weighted by molar-refractivity contribution is 0.0880. The second-order valence-electron chi connectivity index (χ2n) is 4.93. The van der Waals surface area contributed by atoms with E-state index in [0.717, 1.165) is 38.4 Å². The second-order valence-corrected chi connectivity index (χ2v) is 4.93. The number of rotatable bonds is 3. The van der Waals surface area contributed by atoms with Gasteiger partial charge in [-0.15, -0.1) is 0 Å². The molecular formula is C13H22N4. The monoisotopic (exact) mass is 234 g/mol. The first-order valence-corrected chi connectivity index (χ1v) is 6.23. The summed E-state index contributed by atoms with van der Waals surface area (Å²) in [5, 5.41) is 0. The molecule has 94 valence electrons. The number of aromatic nitrogens is 1. The van der Waals surface area contributed by atoms with E-state index < -0.39 is 0 Å². The topological polar surface area (TPSA) is 45.4 Å². The highest BCUT2D eigenvalue weighted by atomic mass is 15.3. The van der Waals surface area contributed by atoms with Crippen molar-refractivity contribution >= 4 is 0 Å². The second kappa shape index (κ2) is 5.58. The number of nitrogens with zero attached hydrogens (tertiary/aromatic N) is 3. The minimum atomic E-state index is 0.468. The van der Waals surface area contributed by atoms with Gasteiger partial charge in [0.2, 0.25) is 0 Å². The van der Waals surface area contributed by atoms with Gasteiger partial charge in [0.15, 0.2) is 0 Å². The molecule has 0 saturated carbocycles. The van der Waals surface area contributed by atoms with Crippen molar-refractivity contribution in [3.8, 4) is 0 Å². The van der Waals surface area contributed by atoms with Gasteiger partial charge >= 0.3 is 0 Å². The maximum atomic E-state index is 5.85. The Morgan fingerprint density at radius 3 is 2.88 bits per heavy atom. The molecule has 1 aliphatic rings. The fraction of sp³-hybridized carbons (Fsp3) is 0.615. The first-order chi connectivity index (χ1) is 8.19. The minimum Gasteiger partial charge on any atom is -0.329 e. The van der Waals surface area contributed by atoms with Gasteiger partial charge in [-0.1, -0.05) is 6.07 Å². The smallest absolute Gasteiger partial charge is 0.0372 e. The van der Waals surface area contributed by atoms with Gasteiger partial charge in [0, 0.05) is 50.7 Å². The van der Waals surface area contributed by atoms with Crippen molar-refractivity contribution in [1.29, 1.82) is 0 Å². The van der Waals surface area contributed by atoms with Crippen LogP contribution in [0.1, 0.15) is 11.3 Å². The Balaban J connectivity index is 1.99. The Labute approximate surface area is 103 Å². The number of hydrogen-bond donors (Lipinski definition) is 1. The van der Waals surface area contributed by atoms with E-state index in [1.807, 2.05) is 13.1 Å². The number of nitrogens with two attached hydrogens (primary N) is 1. The van der Waals surface area contributed by atoms with Gasteiger partial charge in [0.25, 0.3) is 0 Å². The van der Waals surface area contributed by atoms with Gasteiger partial charge in [-0.25, -0.2) is 0 Å². The maximum absolute atomic E-state index is 5.85. The molecule has 0 bridgehead atoms. The molecule has 1 aromatic heterocycles. The van der Waals surface area contributed by atoms with Gasteiger partial charge in [-0.2, -0.15) is 0 Å². The molecule has 0 spiro atoms. The van der Waals surface area contributed by atoms with Crippen molar-refractivity contribution in [2.75, 3.05) is 33.2 Å². The lowest BCUT2D eigenvalue weighted by Crippen LogP contribution is -2.54. The highest BCUT2D eigenvalue weighted by Crippen LogP contribution is 2.12. The van der Waals surface area contributed by atoms with Gasteiger partial charge < -0.3 is 10.6 Å². The molecule has 17 heavy (non-hydrogen) atoms. The summed E-state index contributed by atoms with van der Waals surface area (Å²) in [7, 11) is 2.16. The molecule has 2 rings (SSSR count). The summed E-state index contributed by atoms with van der Waals surface area (Å²) in [6.07, 6.45) is 1.97. The Morgan fingerprint density at radius 1 is 1.41 bits per heavy atom. The molecule has 0 aliphatic carbocycles. The van der Waals surface area contributed by atoms with Crippen LogP contribution < -0.4 is 5.73 Å². The van der Waals surface area contributed by atoms with Crippen LogP contribution in [0.4, 0.5) is 0 Å². The minimum absolute atomic E-state index is 0.468. The van der Waals surface area contributed by atoms with Crippen molar-refractivity contribution < 1.29 is 0 Å². The van der Waals surface area contributed by atoms with Crippen molar-refractivity contribution in [1.82, 2.24) is 14.8 Å². The average molecular weight is 234 g/mol. The van der Waals surface area contributed by atoms with Crippen molar-refractivity contribution in [2.45, 2.75) is 19.5 Å². The van der Waals surface area contributed by atoms with Gasteiger partial charge in [0.05, 0.1) is 0 Å². The lowest BCUT2D eigenvalue weighted by atomic mass is 10.1. The van der Waals surface area contributed by atoms with E-state index in [2.05, 4.69) is 34.0 Å². The van der Waals surface area contributed by atoms with Gasteiger partial charge in [-0.05, 0) is 25.6 Å². The van der Waals surface area contributed by atoms with Crippen LogP contribution in [0.25, 0.3) is 0 Å². The van der Waals surface area contributed by atoms with Gasteiger partial charge in [0.1, 0.15) is 0 Å². The molecule has 2 N–H and O–H groups in total. The summed E-state index contributed by atoms with van der Waals surface area (Å²) in [6, 6.07) is 4.70. The summed E-state index contributed by atoms with van der Waals surface area (Å²) in [5.74, 6) is 0. The Kier molecular flexibility index (Phi) is 4.10. The van der Waals surface area contributed by atoms with Crippen LogP contribution in [-0.2, 0) is 6.54 Å². The third-order valence-electron chi connectivity index (χ3n) is 3.44. The molecule has 1 unspecified atom stereocenters. The van der Waals surface area contributed by atoms with E-state index in [-0.39, 0.29) is 0 Å². The van der Waals surface area contributed by atoms with Crippen molar-refractivity contribution in [3.63, 3.8) is 0 Å². The molecule has 0 radical (unpaired) electrons. The van der Waals surface area contributed by atoms with Crippen LogP contribution in [-0.4, -0.2) is 54.1 Å². The summed E-state index contributed by atoms with van der Waals surface area (Å²) < 4.78 is 0.